The zero-order valence-electron chi connectivity index (χ0n) is 30.6. The van der Waals surface area contributed by atoms with Crippen LogP contribution in [0.5, 0.6) is 11.5 Å². The first-order valence-corrected chi connectivity index (χ1v) is 17.5. The second-order valence-electron chi connectivity index (χ2n) is 16.9. The Labute approximate surface area is 298 Å². The Hall–Kier alpha value is -4.68. The Kier molecular flexibility index (Phi) is 6.65. The van der Waals surface area contributed by atoms with E-state index in [0.717, 1.165) is 6.07 Å². The summed E-state index contributed by atoms with van der Waals surface area (Å²) in [5.74, 6) is -3.55. The normalized spacial score (nSPS) is 34.4. The molecular weight excluding hydrogens is 679 g/mol. The maximum Gasteiger partial charge on any atom is 0.351 e. The minimum Gasteiger partial charge on any atom is -0.496 e. The predicted octanol–water partition coefficient (Wildman–Crippen LogP) is 6.00. The molecule has 0 spiro atoms. The van der Waals surface area contributed by atoms with E-state index in [0.29, 0.717) is 12.8 Å². The molecule has 3 aromatic rings. The minimum atomic E-state index is -1.70. The first-order chi connectivity index (χ1) is 24.1. The van der Waals surface area contributed by atoms with Gasteiger partial charge in [0.15, 0.2) is 29.2 Å². The molecule has 52 heavy (non-hydrogen) atoms. The molecule has 6 atom stereocenters. The van der Waals surface area contributed by atoms with Gasteiger partial charge in [-0.15, -0.1) is 0 Å². The van der Waals surface area contributed by atoms with Crippen LogP contribution < -0.4 is 14.9 Å². The Morgan fingerprint density at radius 3 is 1.83 bits per heavy atom. The van der Waals surface area contributed by atoms with Crippen molar-refractivity contribution < 1.29 is 56.4 Å². The highest BCUT2D eigenvalue weighted by atomic mass is 19.1. The third-order valence-electron chi connectivity index (χ3n) is 14.0. The molecule has 2 aromatic carbocycles. The predicted molar refractivity (Wildman–Crippen MR) is 180 cm³/mol. The lowest BCUT2D eigenvalue weighted by Gasteiger charge is -2.46. The van der Waals surface area contributed by atoms with Crippen LogP contribution in [0, 0.1) is 27.5 Å². The number of para-hydroxylation sites is 1. The number of carbonyl (C=O) groups is 4. The van der Waals surface area contributed by atoms with Crippen molar-refractivity contribution in [3.63, 3.8) is 0 Å². The maximum atomic E-state index is 15.3. The number of ether oxygens (including phenoxy) is 6. The number of methoxy groups -OCH3 is 1. The number of fused-ring (bicyclic) bond motifs is 8. The summed E-state index contributed by atoms with van der Waals surface area (Å²) in [5, 5.41) is -0.152. The summed E-state index contributed by atoms with van der Waals surface area (Å²) in [6, 6.07) is 5.36. The van der Waals surface area contributed by atoms with Crippen molar-refractivity contribution in [2.24, 2.45) is 21.7 Å². The average molecular weight is 721 g/mol. The minimum absolute atomic E-state index is 0.0285. The van der Waals surface area contributed by atoms with Gasteiger partial charge in [-0.3, -0.25) is 14.4 Å². The van der Waals surface area contributed by atoms with Crippen molar-refractivity contribution in [1.82, 2.24) is 0 Å². The Bertz CT molecular complexity index is 2240. The average Bonchev–Trinajstić information content (AvgIpc) is 3.54. The molecule has 4 bridgehead atoms. The summed E-state index contributed by atoms with van der Waals surface area (Å²) < 4.78 is 58.0. The van der Waals surface area contributed by atoms with E-state index < -0.39 is 85.8 Å². The van der Waals surface area contributed by atoms with Gasteiger partial charge in [0, 0.05) is 16.9 Å². The molecule has 4 heterocycles. The van der Waals surface area contributed by atoms with Crippen LogP contribution in [0.2, 0.25) is 0 Å². The number of benzene rings is 2. The second-order valence-corrected chi connectivity index (χ2v) is 16.9. The van der Waals surface area contributed by atoms with Crippen LogP contribution in [-0.2, 0) is 38.1 Å². The molecule has 0 N–H and O–H groups in total. The topological polar surface area (TPSA) is 154 Å². The number of carbonyl (C=O) groups excluding carboxylic acids is 4. The molecule has 5 aliphatic rings. The molecule has 1 aromatic heterocycles. The second kappa shape index (κ2) is 10.0. The zero-order valence-corrected chi connectivity index (χ0v) is 30.6. The first kappa shape index (κ1) is 34.4. The van der Waals surface area contributed by atoms with Crippen LogP contribution in [0.3, 0.4) is 0 Å². The van der Waals surface area contributed by atoms with Gasteiger partial charge < -0.3 is 32.8 Å². The fraction of sp³-hybridized carbons (Fsp3) is 0.564. The summed E-state index contributed by atoms with van der Waals surface area (Å²) in [6.45, 7) is 13.9. The molecule has 3 aliphatic heterocycles. The zero-order chi connectivity index (χ0) is 37.8. The summed E-state index contributed by atoms with van der Waals surface area (Å²) in [7, 11) is 1.35. The molecule has 2 aliphatic carbocycles. The van der Waals surface area contributed by atoms with Crippen molar-refractivity contribution in [3.8, 4) is 11.5 Å². The van der Waals surface area contributed by atoms with Crippen molar-refractivity contribution in [3.05, 3.63) is 45.9 Å². The molecule has 0 radical (unpaired) electrons. The number of esters is 4. The van der Waals surface area contributed by atoms with Crippen molar-refractivity contribution in [1.29, 1.82) is 0 Å². The smallest absolute Gasteiger partial charge is 0.351 e. The van der Waals surface area contributed by atoms with E-state index in [9.17, 15) is 24.0 Å². The van der Waals surface area contributed by atoms with E-state index in [1.807, 2.05) is 0 Å². The highest BCUT2D eigenvalue weighted by Gasteiger charge is 2.78. The molecule has 0 unspecified atom stereocenters. The van der Waals surface area contributed by atoms with Gasteiger partial charge in [-0.1, -0.05) is 33.8 Å². The molecule has 2 saturated heterocycles. The van der Waals surface area contributed by atoms with Crippen LogP contribution in [0.15, 0.2) is 33.5 Å². The molecule has 276 valence electrons. The van der Waals surface area contributed by atoms with E-state index in [1.54, 1.807) is 55.4 Å². The van der Waals surface area contributed by atoms with E-state index in [2.05, 4.69) is 0 Å². The third-order valence-corrected chi connectivity index (χ3v) is 14.0. The van der Waals surface area contributed by atoms with Crippen molar-refractivity contribution in [2.45, 2.75) is 110 Å². The summed E-state index contributed by atoms with van der Waals surface area (Å²) in [4.78, 5) is 69.6. The lowest BCUT2D eigenvalue weighted by molar-refractivity contribution is -0.217. The molecule has 12 nitrogen and oxygen atoms in total. The Morgan fingerprint density at radius 2 is 1.33 bits per heavy atom. The van der Waals surface area contributed by atoms with Gasteiger partial charge in [0.05, 0.1) is 28.9 Å². The fourth-order valence-electron chi connectivity index (χ4n) is 9.50. The quantitative estimate of drug-likeness (QED) is 0.172. The SMILES string of the molecule is COc1cc2c(c3oc4c(F)cccc4c(=O)c13)[C@@H](OC(=O)[C@@]13CC[C@@](C)(C(=O)O1)C3(C)C)[C@@H](OC(=O)[C@@]13CC[C@@](C)(C(=O)O1)C3(C)C)C(C)(C)O2. The molecule has 2 saturated carbocycles. The van der Waals surface area contributed by atoms with Crippen LogP contribution >= 0.6 is 0 Å². The first-order valence-electron chi connectivity index (χ1n) is 17.5. The number of rotatable bonds is 5. The van der Waals surface area contributed by atoms with Gasteiger partial charge in [-0.2, -0.15) is 0 Å². The van der Waals surface area contributed by atoms with Crippen molar-refractivity contribution >= 4 is 45.8 Å². The van der Waals surface area contributed by atoms with Gasteiger partial charge in [-0.05, 0) is 65.5 Å². The van der Waals surface area contributed by atoms with Gasteiger partial charge in [0.25, 0.3) is 0 Å². The number of hydrogen-bond acceptors (Lipinski definition) is 12. The lowest BCUT2D eigenvalue weighted by atomic mass is 9.66. The summed E-state index contributed by atoms with van der Waals surface area (Å²) in [6.07, 6.45) is -1.92. The number of hydrogen-bond donors (Lipinski definition) is 0. The van der Waals surface area contributed by atoms with E-state index in [4.69, 9.17) is 32.8 Å². The highest BCUT2D eigenvalue weighted by Crippen LogP contribution is 2.68. The largest absolute Gasteiger partial charge is 0.496 e. The van der Waals surface area contributed by atoms with E-state index >= 15 is 4.39 Å². The molecule has 4 fully saturated rings. The third kappa shape index (κ3) is 3.74. The fourth-order valence-corrected chi connectivity index (χ4v) is 9.50. The highest BCUT2D eigenvalue weighted by molar-refractivity contribution is 5.98. The summed E-state index contributed by atoms with van der Waals surface area (Å²) >= 11 is 0. The standard InChI is InChI=1S/C39H41FO12/c1-33(2)28(49-32(45)39-16-14-37(8,30(43)52-39)35(39,5)6)27(48-31(44)38-15-13-36(7,29(42)51-38)34(38,3)4)23-21(50-33)17-20(46-9)22-24(41)18-11-10-12-19(40)25(18)47-26(22)23/h10-12,17,27-28H,13-16H2,1-9H3/t27-,28-,36+,37+,38-,39-/m1/s1. The summed E-state index contributed by atoms with van der Waals surface area (Å²) in [5.41, 5.74) is -9.96. The lowest BCUT2D eigenvalue weighted by Crippen LogP contribution is -2.57. The van der Waals surface area contributed by atoms with Gasteiger partial charge in [-0.25, -0.2) is 14.0 Å². The van der Waals surface area contributed by atoms with Crippen LogP contribution in [-0.4, -0.2) is 53.9 Å². The van der Waals surface area contributed by atoms with Gasteiger partial charge >= 0.3 is 23.9 Å². The molecule has 8 rings (SSSR count). The van der Waals surface area contributed by atoms with Gasteiger partial charge in [0.2, 0.25) is 16.6 Å². The van der Waals surface area contributed by atoms with Crippen LogP contribution in [0.4, 0.5) is 4.39 Å². The van der Waals surface area contributed by atoms with Crippen molar-refractivity contribution in [2.75, 3.05) is 7.11 Å². The van der Waals surface area contributed by atoms with Crippen LogP contribution in [0.1, 0.15) is 92.7 Å². The molecular formula is C39H41FO12. The van der Waals surface area contributed by atoms with E-state index in [1.165, 1.54) is 25.3 Å². The number of halogens is 1. The molecule has 13 heteroatoms. The molecule has 0 amide bonds. The van der Waals surface area contributed by atoms with Gasteiger partial charge in [0.1, 0.15) is 22.5 Å². The van der Waals surface area contributed by atoms with Crippen LogP contribution in [0.25, 0.3) is 21.9 Å². The Morgan fingerprint density at radius 1 is 0.769 bits per heavy atom. The van der Waals surface area contributed by atoms with E-state index in [-0.39, 0.29) is 51.8 Å². The Balaban J connectivity index is 1.34. The maximum absolute atomic E-state index is 15.3. The monoisotopic (exact) mass is 720 g/mol.